The van der Waals surface area contributed by atoms with Gasteiger partial charge in [0.25, 0.3) is 5.91 Å². The maximum absolute atomic E-state index is 13.1. The largest absolute Gasteiger partial charge is 0.449 e. The van der Waals surface area contributed by atoms with Crippen molar-refractivity contribution >= 4 is 29.5 Å². The van der Waals surface area contributed by atoms with Crippen molar-refractivity contribution in [2.45, 2.75) is 13.0 Å². The minimum Gasteiger partial charge on any atom is -0.449 e. The van der Waals surface area contributed by atoms with Crippen LogP contribution < -0.4 is 5.32 Å². The van der Waals surface area contributed by atoms with Gasteiger partial charge >= 0.3 is 12.0 Å². The SMILES string of the molecule is CC(OC(=O)c1cc(F)c(F)cc1Cl)C(=O)N1CCNC1=O. The first-order chi connectivity index (χ1) is 10.3. The lowest BCUT2D eigenvalue weighted by Crippen LogP contribution is -2.41. The quantitative estimate of drug-likeness (QED) is 0.675. The maximum Gasteiger partial charge on any atom is 0.340 e. The molecule has 2 rings (SSSR count). The van der Waals surface area contributed by atoms with Gasteiger partial charge in [-0.25, -0.2) is 18.4 Å². The number of carbonyl (C=O) groups excluding carboxylic acids is 3. The predicted molar refractivity (Wildman–Crippen MR) is 71.4 cm³/mol. The first-order valence-corrected chi connectivity index (χ1v) is 6.63. The second kappa shape index (κ2) is 6.27. The molecule has 6 nitrogen and oxygen atoms in total. The number of hydrogen-bond acceptors (Lipinski definition) is 4. The topological polar surface area (TPSA) is 75.7 Å². The zero-order valence-corrected chi connectivity index (χ0v) is 12.1. The number of nitrogens with zero attached hydrogens (tertiary/aromatic N) is 1. The van der Waals surface area contributed by atoms with Crippen LogP contribution in [0.5, 0.6) is 0 Å². The van der Waals surface area contributed by atoms with Crippen molar-refractivity contribution in [3.8, 4) is 0 Å². The fraction of sp³-hybridized carbons (Fsp3) is 0.308. The van der Waals surface area contributed by atoms with Crippen LogP contribution in [0, 0.1) is 11.6 Å². The molecule has 1 heterocycles. The average molecular weight is 333 g/mol. The van der Waals surface area contributed by atoms with Gasteiger partial charge in [0.05, 0.1) is 10.6 Å². The average Bonchev–Trinajstić information content (AvgIpc) is 2.87. The van der Waals surface area contributed by atoms with E-state index >= 15 is 0 Å². The van der Waals surface area contributed by atoms with Crippen LogP contribution in [0.2, 0.25) is 5.02 Å². The third kappa shape index (κ3) is 3.16. The summed E-state index contributed by atoms with van der Waals surface area (Å²) in [7, 11) is 0. The van der Waals surface area contributed by atoms with Crippen LogP contribution in [0.25, 0.3) is 0 Å². The Morgan fingerprint density at radius 1 is 1.36 bits per heavy atom. The number of carbonyl (C=O) groups is 3. The third-order valence-corrected chi connectivity index (χ3v) is 3.30. The van der Waals surface area contributed by atoms with Crippen LogP contribution in [0.3, 0.4) is 0 Å². The molecule has 1 saturated heterocycles. The van der Waals surface area contributed by atoms with Crippen LogP contribution in [0.15, 0.2) is 12.1 Å². The number of amides is 3. The second-order valence-corrected chi connectivity index (χ2v) is 4.92. The van der Waals surface area contributed by atoms with E-state index in [9.17, 15) is 23.2 Å². The Labute approximate surface area is 129 Å². The van der Waals surface area contributed by atoms with Crippen LogP contribution in [0.1, 0.15) is 17.3 Å². The number of benzene rings is 1. The molecule has 118 valence electrons. The molecule has 1 fully saturated rings. The molecule has 0 aromatic heterocycles. The van der Waals surface area contributed by atoms with E-state index in [4.69, 9.17) is 16.3 Å². The summed E-state index contributed by atoms with van der Waals surface area (Å²) >= 11 is 5.64. The molecule has 1 aromatic carbocycles. The van der Waals surface area contributed by atoms with Crippen molar-refractivity contribution in [2.75, 3.05) is 13.1 Å². The third-order valence-electron chi connectivity index (χ3n) is 2.98. The number of halogens is 3. The van der Waals surface area contributed by atoms with Crippen molar-refractivity contribution in [3.63, 3.8) is 0 Å². The molecule has 1 atom stereocenters. The molecule has 1 aliphatic rings. The van der Waals surface area contributed by atoms with E-state index in [0.29, 0.717) is 18.7 Å². The number of rotatable bonds is 3. The van der Waals surface area contributed by atoms with E-state index in [2.05, 4.69) is 5.32 Å². The van der Waals surface area contributed by atoms with Crippen LogP contribution in [-0.2, 0) is 9.53 Å². The highest BCUT2D eigenvalue weighted by Crippen LogP contribution is 2.21. The zero-order chi connectivity index (χ0) is 16.4. The minimum absolute atomic E-state index is 0.158. The second-order valence-electron chi connectivity index (χ2n) is 4.52. The summed E-state index contributed by atoms with van der Waals surface area (Å²) in [4.78, 5) is 36.1. The number of urea groups is 1. The van der Waals surface area contributed by atoms with Crippen LogP contribution in [-0.4, -0.2) is 42.0 Å². The summed E-state index contributed by atoms with van der Waals surface area (Å²) in [6, 6.07) is 0.631. The lowest BCUT2D eigenvalue weighted by Gasteiger charge is -2.18. The Morgan fingerprint density at radius 2 is 2.00 bits per heavy atom. The standard InChI is InChI=1S/C13H11ClF2N2O4/c1-6(11(19)18-3-2-17-13(18)21)22-12(20)7-4-9(15)10(16)5-8(7)14/h4-6H,2-3H2,1H3,(H,17,21). The first-order valence-electron chi connectivity index (χ1n) is 6.26. The van der Waals surface area contributed by atoms with Gasteiger partial charge in [0.1, 0.15) is 0 Å². The molecule has 0 aliphatic carbocycles. The van der Waals surface area contributed by atoms with Gasteiger partial charge in [0, 0.05) is 13.1 Å². The van der Waals surface area contributed by atoms with Crippen LogP contribution in [0.4, 0.5) is 13.6 Å². The van der Waals surface area contributed by atoms with E-state index in [0.717, 1.165) is 4.90 Å². The lowest BCUT2D eigenvalue weighted by molar-refractivity contribution is -0.136. The normalized spacial score (nSPS) is 15.5. The van der Waals surface area contributed by atoms with Gasteiger partial charge in [-0.3, -0.25) is 9.69 Å². The highest BCUT2D eigenvalue weighted by atomic mass is 35.5. The smallest absolute Gasteiger partial charge is 0.340 e. The summed E-state index contributed by atoms with van der Waals surface area (Å²) in [6.45, 7) is 1.73. The van der Waals surface area contributed by atoms with Gasteiger partial charge in [0.2, 0.25) is 0 Å². The predicted octanol–water partition coefficient (Wildman–Crippen LogP) is 1.72. The molecule has 0 bridgehead atoms. The Morgan fingerprint density at radius 3 is 2.59 bits per heavy atom. The first kappa shape index (κ1) is 16.2. The highest BCUT2D eigenvalue weighted by Gasteiger charge is 2.32. The fourth-order valence-electron chi connectivity index (χ4n) is 1.85. The summed E-state index contributed by atoms with van der Waals surface area (Å²) in [5.74, 6) is -4.29. The number of hydrogen-bond donors (Lipinski definition) is 1. The van der Waals surface area contributed by atoms with E-state index in [1.165, 1.54) is 6.92 Å². The molecule has 1 aliphatic heterocycles. The zero-order valence-electron chi connectivity index (χ0n) is 11.4. The Bertz CT molecular complexity index is 653. The van der Waals surface area contributed by atoms with E-state index in [1.54, 1.807) is 0 Å². The summed E-state index contributed by atoms with van der Waals surface area (Å²) < 4.78 is 30.9. The number of ether oxygens (including phenoxy) is 1. The Hall–Kier alpha value is -2.22. The van der Waals surface area contributed by atoms with Crippen molar-refractivity contribution in [3.05, 3.63) is 34.4 Å². The van der Waals surface area contributed by atoms with Gasteiger partial charge in [-0.05, 0) is 19.1 Å². The minimum atomic E-state index is -1.28. The molecular weight excluding hydrogens is 322 g/mol. The molecular formula is C13H11ClF2N2O4. The Balaban J connectivity index is 2.10. The summed E-state index contributed by atoms with van der Waals surface area (Å²) in [5.41, 5.74) is -0.411. The summed E-state index contributed by atoms with van der Waals surface area (Å²) in [6.07, 6.45) is -1.28. The molecule has 1 N–H and O–H groups in total. The molecule has 9 heteroatoms. The maximum atomic E-state index is 13.1. The number of imide groups is 1. The van der Waals surface area contributed by atoms with Crippen molar-refractivity contribution in [2.24, 2.45) is 0 Å². The van der Waals surface area contributed by atoms with Gasteiger partial charge in [0.15, 0.2) is 17.7 Å². The monoisotopic (exact) mass is 332 g/mol. The highest BCUT2D eigenvalue weighted by molar-refractivity contribution is 6.33. The molecule has 22 heavy (non-hydrogen) atoms. The molecule has 0 spiro atoms. The number of esters is 1. The van der Waals surface area contributed by atoms with Crippen molar-refractivity contribution < 1.29 is 27.9 Å². The van der Waals surface area contributed by atoms with E-state index in [-0.39, 0.29) is 11.6 Å². The molecule has 0 radical (unpaired) electrons. The molecule has 1 unspecified atom stereocenters. The Kier molecular flexibility index (Phi) is 4.60. The van der Waals surface area contributed by atoms with Crippen molar-refractivity contribution in [1.29, 1.82) is 0 Å². The van der Waals surface area contributed by atoms with Crippen LogP contribution >= 0.6 is 11.6 Å². The molecule has 3 amide bonds. The van der Waals surface area contributed by atoms with Gasteiger partial charge in [-0.15, -0.1) is 0 Å². The van der Waals surface area contributed by atoms with E-state index in [1.807, 2.05) is 0 Å². The summed E-state index contributed by atoms with van der Waals surface area (Å²) in [5, 5.41) is 2.08. The lowest BCUT2D eigenvalue weighted by atomic mass is 10.2. The van der Waals surface area contributed by atoms with Gasteiger partial charge in [-0.2, -0.15) is 0 Å². The fourth-order valence-corrected chi connectivity index (χ4v) is 2.08. The van der Waals surface area contributed by atoms with Gasteiger partial charge < -0.3 is 10.1 Å². The molecule has 0 saturated carbocycles. The van der Waals surface area contributed by atoms with Gasteiger partial charge in [-0.1, -0.05) is 11.6 Å². The van der Waals surface area contributed by atoms with E-state index < -0.39 is 41.2 Å². The molecule has 1 aromatic rings. The van der Waals surface area contributed by atoms with Crippen molar-refractivity contribution in [1.82, 2.24) is 10.2 Å². The number of nitrogens with one attached hydrogen (secondary N) is 1.